The number of carbonyl (C=O) groups is 1. The number of nitro benzene ring substituents is 1. The third kappa shape index (κ3) is 4.98. The lowest BCUT2D eigenvalue weighted by molar-refractivity contribution is -0.384. The first-order chi connectivity index (χ1) is 15.7. The van der Waals surface area contributed by atoms with Gasteiger partial charge >= 0.3 is 0 Å². The Morgan fingerprint density at radius 1 is 1.03 bits per heavy atom. The molecule has 2 N–H and O–H groups in total. The molecule has 0 radical (unpaired) electrons. The summed E-state index contributed by atoms with van der Waals surface area (Å²) in [7, 11) is 0. The number of amides is 1. The summed E-state index contributed by atoms with van der Waals surface area (Å²) in [6.07, 6.45) is 1.67. The molecule has 0 bridgehead atoms. The van der Waals surface area contributed by atoms with Crippen molar-refractivity contribution in [2.45, 2.75) is 26.2 Å². The monoisotopic (exact) mass is 440 g/mol. The van der Waals surface area contributed by atoms with Gasteiger partial charge in [-0.3, -0.25) is 14.9 Å². The minimum atomic E-state index is -0.451. The Kier molecular flexibility index (Phi) is 5.79. The highest BCUT2D eigenvalue weighted by Crippen LogP contribution is 2.23. The number of hydrogen-bond donors (Lipinski definition) is 2. The highest BCUT2D eigenvalue weighted by molar-refractivity contribution is 6.01. The molecule has 3 aromatic carbocycles. The number of aromatic nitrogens is 2. The van der Waals surface area contributed by atoms with Crippen LogP contribution in [0.4, 0.5) is 5.69 Å². The largest absolute Gasteiger partial charge is 0.337 e. The Bertz CT molecular complexity index is 1330. The van der Waals surface area contributed by atoms with Crippen LogP contribution in [-0.2, 0) is 5.41 Å². The van der Waals surface area contributed by atoms with Crippen LogP contribution in [0.15, 0.2) is 72.8 Å². The zero-order chi connectivity index (χ0) is 23.6. The predicted molar refractivity (Wildman–Crippen MR) is 130 cm³/mol. The molecule has 4 aromatic rings. The van der Waals surface area contributed by atoms with Crippen molar-refractivity contribution in [1.29, 1.82) is 0 Å². The fraction of sp³-hybridized carbons (Fsp3) is 0.154. The van der Waals surface area contributed by atoms with Gasteiger partial charge in [0.15, 0.2) is 5.82 Å². The first-order valence-electron chi connectivity index (χ1n) is 10.5. The zero-order valence-electron chi connectivity index (χ0n) is 18.6. The van der Waals surface area contributed by atoms with E-state index in [0.29, 0.717) is 22.6 Å². The number of non-ortho nitro benzene ring substituents is 1. The van der Waals surface area contributed by atoms with Gasteiger partial charge in [-0.15, -0.1) is 0 Å². The molecule has 0 spiro atoms. The van der Waals surface area contributed by atoms with E-state index in [1.807, 2.05) is 36.4 Å². The van der Waals surface area contributed by atoms with Crippen molar-refractivity contribution in [3.8, 4) is 0 Å². The molecule has 7 nitrogen and oxygen atoms in total. The Balaban J connectivity index is 1.72. The van der Waals surface area contributed by atoms with Gasteiger partial charge in [0, 0.05) is 17.7 Å². The maximum absolute atomic E-state index is 13.1. The molecular formula is C26H24N4O3. The Morgan fingerprint density at radius 3 is 2.42 bits per heavy atom. The molecule has 0 unspecified atom stereocenters. The van der Waals surface area contributed by atoms with Gasteiger partial charge in [0.25, 0.3) is 11.6 Å². The van der Waals surface area contributed by atoms with Crippen LogP contribution in [0, 0.1) is 10.1 Å². The van der Waals surface area contributed by atoms with Gasteiger partial charge in [0.1, 0.15) is 0 Å². The Labute approximate surface area is 191 Å². The smallest absolute Gasteiger partial charge is 0.270 e. The number of carbonyl (C=O) groups excluding carboxylic acids is 1. The van der Waals surface area contributed by atoms with Crippen LogP contribution in [0.2, 0.25) is 0 Å². The van der Waals surface area contributed by atoms with E-state index in [9.17, 15) is 14.9 Å². The van der Waals surface area contributed by atoms with Crippen molar-refractivity contribution in [1.82, 2.24) is 15.3 Å². The van der Waals surface area contributed by atoms with Gasteiger partial charge in [-0.2, -0.15) is 0 Å². The molecule has 1 aromatic heterocycles. The van der Waals surface area contributed by atoms with E-state index in [1.54, 1.807) is 30.3 Å². The lowest BCUT2D eigenvalue weighted by Crippen LogP contribution is -2.23. The number of benzene rings is 3. The SMILES string of the molecule is CC(C)(C)c1ccc(C(=O)N/C(=C/c2cccc([N+](=O)[O-])c2)c2nc3ccccc3[nH]2)cc1. The summed E-state index contributed by atoms with van der Waals surface area (Å²) >= 11 is 0. The van der Waals surface area contributed by atoms with Crippen LogP contribution in [0.5, 0.6) is 0 Å². The van der Waals surface area contributed by atoms with Crippen LogP contribution in [-0.4, -0.2) is 20.8 Å². The van der Waals surface area contributed by atoms with Crippen LogP contribution in [0.1, 0.15) is 48.1 Å². The molecule has 33 heavy (non-hydrogen) atoms. The van der Waals surface area contributed by atoms with Crippen LogP contribution >= 0.6 is 0 Å². The molecule has 0 aliphatic rings. The van der Waals surface area contributed by atoms with Gasteiger partial charge in [0.2, 0.25) is 0 Å². The van der Waals surface area contributed by atoms with E-state index in [0.717, 1.165) is 16.6 Å². The molecule has 0 aliphatic carbocycles. The summed E-state index contributed by atoms with van der Waals surface area (Å²) in [4.78, 5) is 31.6. The summed E-state index contributed by atoms with van der Waals surface area (Å²) < 4.78 is 0. The normalized spacial score (nSPS) is 12.0. The molecule has 166 valence electrons. The second kappa shape index (κ2) is 8.70. The topological polar surface area (TPSA) is 101 Å². The van der Waals surface area contributed by atoms with Gasteiger partial charge in [0.05, 0.1) is 21.7 Å². The first kappa shape index (κ1) is 22.0. The molecule has 7 heteroatoms. The van der Waals surface area contributed by atoms with Crippen molar-refractivity contribution in [3.05, 3.63) is 105 Å². The molecule has 1 heterocycles. The molecule has 1 amide bonds. The number of H-pyrrole nitrogens is 1. The minimum absolute atomic E-state index is 0.0175. The highest BCUT2D eigenvalue weighted by atomic mass is 16.6. The van der Waals surface area contributed by atoms with E-state index < -0.39 is 4.92 Å². The number of hydrogen-bond acceptors (Lipinski definition) is 4. The number of nitro groups is 1. The summed E-state index contributed by atoms with van der Waals surface area (Å²) in [5, 5.41) is 14.1. The van der Waals surface area contributed by atoms with Crippen molar-refractivity contribution in [2.75, 3.05) is 0 Å². The first-order valence-corrected chi connectivity index (χ1v) is 10.5. The Hall–Kier alpha value is -4.26. The molecule has 0 aliphatic heterocycles. The molecule has 4 rings (SSSR count). The standard InChI is InChI=1S/C26H24N4O3/c1-26(2,3)19-13-11-18(12-14-19)25(31)29-23(16-17-7-6-8-20(15-17)30(32)33)24-27-21-9-4-5-10-22(21)28-24/h4-16H,1-3H3,(H,27,28)(H,29,31)/b23-16+. The zero-order valence-corrected chi connectivity index (χ0v) is 18.6. The van der Waals surface area contributed by atoms with Gasteiger partial charge in [-0.05, 0) is 46.9 Å². The quantitative estimate of drug-likeness (QED) is 0.307. The van der Waals surface area contributed by atoms with E-state index in [2.05, 4.69) is 36.1 Å². The minimum Gasteiger partial charge on any atom is -0.337 e. The number of para-hydroxylation sites is 2. The molecule has 0 saturated carbocycles. The summed E-state index contributed by atoms with van der Waals surface area (Å²) in [5.74, 6) is 0.162. The van der Waals surface area contributed by atoms with Crippen molar-refractivity contribution < 1.29 is 9.72 Å². The Morgan fingerprint density at radius 2 is 1.76 bits per heavy atom. The molecule has 0 atom stereocenters. The number of nitrogens with zero attached hydrogens (tertiary/aromatic N) is 2. The van der Waals surface area contributed by atoms with Crippen LogP contribution in [0.3, 0.4) is 0 Å². The number of nitrogens with one attached hydrogen (secondary N) is 2. The summed E-state index contributed by atoms with van der Waals surface area (Å²) in [6, 6.07) is 21.2. The molecular weight excluding hydrogens is 416 g/mol. The summed E-state index contributed by atoms with van der Waals surface area (Å²) in [5.41, 5.74) is 4.14. The lowest BCUT2D eigenvalue weighted by atomic mass is 9.87. The third-order valence-electron chi connectivity index (χ3n) is 5.30. The molecule has 0 fully saturated rings. The fourth-order valence-electron chi connectivity index (χ4n) is 3.45. The van der Waals surface area contributed by atoms with Gasteiger partial charge in [-0.1, -0.05) is 57.2 Å². The van der Waals surface area contributed by atoms with Crippen LogP contribution in [0.25, 0.3) is 22.8 Å². The number of imidazole rings is 1. The van der Waals surface area contributed by atoms with E-state index in [1.165, 1.54) is 12.1 Å². The third-order valence-corrected chi connectivity index (χ3v) is 5.30. The second-order valence-corrected chi connectivity index (χ2v) is 8.79. The van der Waals surface area contributed by atoms with Crippen LogP contribution < -0.4 is 5.32 Å². The maximum atomic E-state index is 13.1. The van der Waals surface area contributed by atoms with E-state index in [4.69, 9.17) is 0 Å². The molecule has 0 saturated heterocycles. The average Bonchev–Trinajstić information content (AvgIpc) is 3.22. The second-order valence-electron chi connectivity index (χ2n) is 8.79. The van der Waals surface area contributed by atoms with Crippen molar-refractivity contribution >= 4 is 34.4 Å². The van der Waals surface area contributed by atoms with Gasteiger partial charge in [-0.25, -0.2) is 4.98 Å². The van der Waals surface area contributed by atoms with Crippen molar-refractivity contribution in [2.24, 2.45) is 0 Å². The highest BCUT2D eigenvalue weighted by Gasteiger charge is 2.17. The van der Waals surface area contributed by atoms with E-state index >= 15 is 0 Å². The number of aromatic amines is 1. The lowest BCUT2D eigenvalue weighted by Gasteiger charge is -2.19. The number of rotatable bonds is 5. The van der Waals surface area contributed by atoms with Crippen molar-refractivity contribution in [3.63, 3.8) is 0 Å². The van der Waals surface area contributed by atoms with Gasteiger partial charge < -0.3 is 10.3 Å². The predicted octanol–water partition coefficient (Wildman–Crippen LogP) is 5.70. The maximum Gasteiger partial charge on any atom is 0.270 e. The number of fused-ring (bicyclic) bond motifs is 1. The average molecular weight is 441 g/mol. The van der Waals surface area contributed by atoms with E-state index in [-0.39, 0.29) is 17.0 Å². The fourth-order valence-corrected chi connectivity index (χ4v) is 3.45. The summed E-state index contributed by atoms with van der Waals surface area (Å²) in [6.45, 7) is 6.34.